The normalized spacial score (nSPS) is 18.5. The predicted octanol–water partition coefficient (Wildman–Crippen LogP) is 3.46. The lowest BCUT2D eigenvalue weighted by Crippen LogP contribution is -2.37. The fourth-order valence-corrected chi connectivity index (χ4v) is 3.36. The molecule has 1 unspecified atom stereocenters. The summed E-state index contributed by atoms with van der Waals surface area (Å²) in [5.41, 5.74) is 6.86. The third kappa shape index (κ3) is 2.92. The molecule has 1 saturated carbocycles. The van der Waals surface area contributed by atoms with E-state index in [1.165, 1.54) is 31.7 Å². The molecular weight excluding hydrogens is 295 g/mol. The first kappa shape index (κ1) is 14.0. The summed E-state index contributed by atoms with van der Waals surface area (Å²) in [6.07, 6.45) is 5.02. The van der Waals surface area contributed by atoms with Gasteiger partial charge in [-0.05, 0) is 43.7 Å². The van der Waals surface area contributed by atoms with E-state index >= 15 is 0 Å². The van der Waals surface area contributed by atoms with E-state index < -0.39 is 0 Å². The summed E-state index contributed by atoms with van der Waals surface area (Å²) >= 11 is 3.50. The molecule has 1 aliphatic carbocycles. The molecule has 0 aliphatic heterocycles. The average molecular weight is 315 g/mol. The van der Waals surface area contributed by atoms with Crippen molar-refractivity contribution in [1.82, 2.24) is 4.90 Å². The Balaban J connectivity index is 2.23. The van der Waals surface area contributed by atoms with Crippen LogP contribution in [0.4, 0.5) is 4.39 Å². The molecule has 0 amide bonds. The summed E-state index contributed by atoms with van der Waals surface area (Å²) in [6.45, 7) is 0.509. The first-order valence-corrected chi connectivity index (χ1v) is 7.29. The number of hydrogen-bond donors (Lipinski definition) is 1. The molecule has 100 valence electrons. The molecule has 0 spiro atoms. The Hall–Kier alpha value is -0.450. The highest BCUT2D eigenvalue weighted by molar-refractivity contribution is 9.10. The first-order valence-electron chi connectivity index (χ1n) is 6.50. The van der Waals surface area contributed by atoms with Gasteiger partial charge in [-0.2, -0.15) is 0 Å². The largest absolute Gasteiger partial charge is 0.329 e. The van der Waals surface area contributed by atoms with Crippen LogP contribution in [0.5, 0.6) is 0 Å². The zero-order chi connectivity index (χ0) is 13.1. The number of nitrogens with two attached hydrogens (primary N) is 1. The van der Waals surface area contributed by atoms with Crippen molar-refractivity contribution < 1.29 is 4.39 Å². The molecule has 2 nitrogen and oxygen atoms in total. The summed E-state index contributed by atoms with van der Waals surface area (Å²) in [7, 11) is 2.10. The van der Waals surface area contributed by atoms with Crippen LogP contribution in [-0.4, -0.2) is 24.5 Å². The van der Waals surface area contributed by atoms with E-state index in [0.29, 0.717) is 12.6 Å². The second-order valence-electron chi connectivity index (χ2n) is 5.02. The maximum atomic E-state index is 13.4. The van der Waals surface area contributed by atoms with Gasteiger partial charge in [0, 0.05) is 23.1 Å². The number of rotatable bonds is 4. The molecule has 1 atom stereocenters. The minimum Gasteiger partial charge on any atom is -0.329 e. The van der Waals surface area contributed by atoms with Crippen LogP contribution >= 0.6 is 15.9 Å². The lowest BCUT2D eigenvalue weighted by molar-refractivity contribution is 0.178. The van der Waals surface area contributed by atoms with E-state index in [1.807, 2.05) is 0 Å². The second-order valence-corrected chi connectivity index (χ2v) is 5.88. The lowest BCUT2D eigenvalue weighted by Gasteiger charge is -2.33. The Kier molecular flexibility index (Phi) is 4.76. The summed E-state index contributed by atoms with van der Waals surface area (Å²) in [5, 5.41) is 0. The van der Waals surface area contributed by atoms with Gasteiger partial charge >= 0.3 is 0 Å². The highest BCUT2D eigenvalue weighted by Crippen LogP contribution is 2.32. The molecule has 0 radical (unpaired) electrons. The van der Waals surface area contributed by atoms with Crippen molar-refractivity contribution in [2.75, 3.05) is 13.6 Å². The fraction of sp³-hybridized carbons (Fsp3) is 0.571. The Morgan fingerprint density at radius 2 is 2.11 bits per heavy atom. The van der Waals surface area contributed by atoms with Crippen LogP contribution in [0.15, 0.2) is 22.7 Å². The number of likely N-dealkylation sites (N-methyl/N-ethyl adjacent to an activating group) is 1. The van der Waals surface area contributed by atoms with E-state index in [1.54, 1.807) is 12.1 Å². The van der Waals surface area contributed by atoms with Crippen LogP contribution < -0.4 is 5.73 Å². The molecule has 0 saturated heterocycles. The van der Waals surface area contributed by atoms with Gasteiger partial charge < -0.3 is 5.73 Å². The summed E-state index contributed by atoms with van der Waals surface area (Å²) in [4.78, 5) is 2.31. The van der Waals surface area contributed by atoms with E-state index in [4.69, 9.17) is 5.73 Å². The topological polar surface area (TPSA) is 29.3 Å². The van der Waals surface area contributed by atoms with Crippen molar-refractivity contribution in [2.45, 2.75) is 37.8 Å². The van der Waals surface area contributed by atoms with Crippen molar-refractivity contribution in [3.63, 3.8) is 0 Å². The Morgan fingerprint density at radius 3 is 2.72 bits per heavy atom. The lowest BCUT2D eigenvalue weighted by atomic mass is 10.0. The number of halogens is 2. The molecule has 1 aromatic carbocycles. The highest BCUT2D eigenvalue weighted by atomic mass is 79.9. The van der Waals surface area contributed by atoms with Crippen molar-refractivity contribution in [3.8, 4) is 0 Å². The Morgan fingerprint density at radius 1 is 1.44 bits per heavy atom. The SMILES string of the molecule is CN(C1CCCC1)C(CN)c1cc(F)ccc1Br. The minimum atomic E-state index is -0.202. The highest BCUT2D eigenvalue weighted by Gasteiger charge is 2.27. The van der Waals surface area contributed by atoms with Gasteiger partial charge in [0.1, 0.15) is 5.82 Å². The van der Waals surface area contributed by atoms with E-state index in [0.717, 1.165) is 10.0 Å². The Bertz CT molecular complexity index is 405. The van der Waals surface area contributed by atoms with Crippen LogP contribution in [0.25, 0.3) is 0 Å². The number of hydrogen-bond acceptors (Lipinski definition) is 2. The van der Waals surface area contributed by atoms with Gasteiger partial charge in [-0.1, -0.05) is 28.8 Å². The molecule has 0 bridgehead atoms. The van der Waals surface area contributed by atoms with Crippen LogP contribution in [0.1, 0.15) is 37.3 Å². The smallest absolute Gasteiger partial charge is 0.123 e. The monoisotopic (exact) mass is 314 g/mol. The minimum absolute atomic E-state index is 0.0816. The Labute approximate surface area is 116 Å². The number of nitrogens with zero attached hydrogens (tertiary/aromatic N) is 1. The van der Waals surface area contributed by atoms with Crippen molar-refractivity contribution in [2.24, 2.45) is 5.73 Å². The van der Waals surface area contributed by atoms with Gasteiger partial charge in [0.2, 0.25) is 0 Å². The van der Waals surface area contributed by atoms with E-state index in [2.05, 4.69) is 27.9 Å². The van der Waals surface area contributed by atoms with Crippen LogP contribution in [0.3, 0.4) is 0 Å². The van der Waals surface area contributed by atoms with Crippen LogP contribution in [-0.2, 0) is 0 Å². The van der Waals surface area contributed by atoms with Crippen LogP contribution in [0.2, 0.25) is 0 Å². The third-order valence-corrected chi connectivity index (χ3v) is 4.65. The molecule has 2 N–H and O–H groups in total. The molecular formula is C14H20BrFN2. The average Bonchev–Trinajstić information content (AvgIpc) is 2.88. The van der Waals surface area contributed by atoms with Gasteiger partial charge in [-0.3, -0.25) is 4.90 Å². The van der Waals surface area contributed by atoms with Gasteiger partial charge in [0.05, 0.1) is 0 Å². The summed E-state index contributed by atoms with van der Waals surface area (Å²) < 4.78 is 14.3. The molecule has 1 aromatic rings. The number of benzene rings is 1. The maximum Gasteiger partial charge on any atom is 0.123 e. The standard InChI is InChI=1S/C14H20BrFN2/c1-18(11-4-2-3-5-11)14(9-17)12-8-10(16)6-7-13(12)15/h6-8,11,14H,2-5,9,17H2,1H3. The first-order chi connectivity index (χ1) is 8.63. The van der Waals surface area contributed by atoms with Gasteiger partial charge in [-0.15, -0.1) is 0 Å². The molecule has 4 heteroatoms. The van der Waals surface area contributed by atoms with Crippen molar-refractivity contribution in [3.05, 3.63) is 34.1 Å². The summed E-state index contributed by atoms with van der Waals surface area (Å²) in [6, 6.07) is 5.48. The van der Waals surface area contributed by atoms with E-state index in [-0.39, 0.29) is 11.9 Å². The third-order valence-electron chi connectivity index (χ3n) is 3.93. The maximum absolute atomic E-state index is 13.4. The molecule has 18 heavy (non-hydrogen) atoms. The summed E-state index contributed by atoms with van der Waals surface area (Å²) in [5.74, 6) is -0.202. The molecule has 2 rings (SSSR count). The van der Waals surface area contributed by atoms with Gasteiger partial charge in [-0.25, -0.2) is 4.39 Å². The van der Waals surface area contributed by atoms with Crippen molar-refractivity contribution in [1.29, 1.82) is 0 Å². The van der Waals surface area contributed by atoms with Crippen molar-refractivity contribution >= 4 is 15.9 Å². The molecule has 1 aliphatic rings. The zero-order valence-electron chi connectivity index (χ0n) is 10.7. The van der Waals surface area contributed by atoms with Crippen LogP contribution in [0, 0.1) is 5.82 Å². The second kappa shape index (κ2) is 6.13. The van der Waals surface area contributed by atoms with Gasteiger partial charge in [0.15, 0.2) is 0 Å². The fourth-order valence-electron chi connectivity index (χ4n) is 2.85. The zero-order valence-corrected chi connectivity index (χ0v) is 12.3. The molecule has 0 heterocycles. The molecule has 0 aromatic heterocycles. The van der Waals surface area contributed by atoms with E-state index in [9.17, 15) is 4.39 Å². The van der Waals surface area contributed by atoms with Gasteiger partial charge in [0.25, 0.3) is 0 Å². The quantitative estimate of drug-likeness (QED) is 0.922. The molecule has 1 fully saturated rings. The predicted molar refractivity (Wildman–Crippen MR) is 75.9 cm³/mol.